The highest BCUT2D eigenvalue weighted by Crippen LogP contribution is 2.19. The number of nitrogens with zero attached hydrogens (tertiary/aromatic N) is 1. The Kier molecular flexibility index (Phi) is 6.21. The number of halogens is 1. The number of hydrogen-bond donors (Lipinski definition) is 1. The first-order chi connectivity index (χ1) is 10.5. The molecule has 0 spiro atoms. The third-order valence-electron chi connectivity index (χ3n) is 3.76. The SMILES string of the molecule is O=C(O)CN(Cc1ccc(Cl)cc1)C(=O)CCC1CCOC1. The number of carbonyl (C=O) groups excluding carboxylic acids is 1. The lowest BCUT2D eigenvalue weighted by atomic mass is 10.0. The Labute approximate surface area is 134 Å². The maximum Gasteiger partial charge on any atom is 0.323 e. The van der Waals surface area contributed by atoms with Gasteiger partial charge >= 0.3 is 5.97 Å². The molecule has 0 bridgehead atoms. The molecule has 2 rings (SSSR count). The summed E-state index contributed by atoms with van der Waals surface area (Å²) in [6, 6.07) is 7.07. The Morgan fingerprint density at radius 1 is 1.32 bits per heavy atom. The zero-order valence-corrected chi connectivity index (χ0v) is 13.1. The Morgan fingerprint density at radius 2 is 2.05 bits per heavy atom. The number of ether oxygens (including phenoxy) is 1. The molecule has 1 fully saturated rings. The van der Waals surface area contributed by atoms with Crippen LogP contribution in [0.25, 0.3) is 0 Å². The zero-order valence-electron chi connectivity index (χ0n) is 12.3. The highest BCUT2D eigenvalue weighted by atomic mass is 35.5. The zero-order chi connectivity index (χ0) is 15.9. The smallest absolute Gasteiger partial charge is 0.323 e. The minimum absolute atomic E-state index is 0.135. The van der Waals surface area contributed by atoms with Crippen LogP contribution in [0.5, 0.6) is 0 Å². The maximum absolute atomic E-state index is 12.3. The molecule has 1 atom stereocenters. The van der Waals surface area contributed by atoms with E-state index in [0.29, 0.717) is 24.0 Å². The van der Waals surface area contributed by atoms with Gasteiger partial charge in [-0.1, -0.05) is 23.7 Å². The first-order valence-corrected chi connectivity index (χ1v) is 7.74. The van der Waals surface area contributed by atoms with Crippen molar-refractivity contribution in [2.45, 2.75) is 25.8 Å². The van der Waals surface area contributed by atoms with Crippen LogP contribution in [0.2, 0.25) is 5.02 Å². The Balaban J connectivity index is 1.93. The van der Waals surface area contributed by atoms with Crippen LogP contribution >= 0.6 is 11.6 Å². The van der Waals surface area contributed by atoms with Gasteiger partial charge in [0.05, 0.1) is 0 Å². The molecular formula is C16H20ClNO4. The van der Waals surface area contributed by atoms with E-state index in [-0.39, 0.29) is 19.0 Å². The normalized spacial score (nSPS) is 17.4. The fraction of sp³-hybridized carbons (Fsp3) is 0.500. The highest BCUT2D eigenvalue weighted by Gasteiger charge is 2.21. The molecule has 5 nitrogen and oxygen atoms in total. The maximum atomic E-state index is 12.3. The van der Waals surface area contributed by atoms with Crippen molar-refractivity contribution in [2.75, 3.05) is 19.8 Å². The van der Waals surface area contributed by atoms with Crippen molar-refractivity contribution in [1.29, 1.82) is 0 Å². The predicted octanol–water partition coefficient (Wildman–Crippen LogP) is 2.57. The topological polar surface area (TPSA) is 66.8 Å². The number of carbonyl (C=O) groups is 2. The van der Waals surface area contributed by atoms with Crippen LogP contribution in [-0.4, -0.2) is 41.6 Å². The van der Waals surface area contributed by atoms with Gasteiger partial charge in [-0.05, 0) is 36.5 Å². The number of aliphatic carboxylic acids is 1. The van der Waals surface area contributed by atoms with Gasteiger partial charge < -0.3 is 14.7 Å². The minimum Gasteiger partial charge on any atom is -0.480 e. The molecule has 1 aromatic carbocycles. The molecule has 0 aliphatic carbocycles. The quantitative estimate of drug-likeness (QED) is 0.836. The molecule has 1 heterocycles. The van der Waals surface area contributed by atoms with Gasteiger partial charge in [0.2, 0.25) is 5.91 Å². The van der Waals surface area contributed by atoms with Gasteiger partial charge in [0, 0.05) is 31.2 Å². The monoisotopic (exact) mass is 325 g/mol. The summed E-state index contributed by atoms with van der Waals surface area (Å²) in [4.78, 5) is 24.7. The predicted molar refractivity (Wildman–Crippen MR) is 82.7 cm³/mol. The van der Waals surface area contributed by atoms with Crippen molar-refractivity contribution >= 4 is 23.5 Å². The van der Waals surface area contributed by atoms with E-state index in [9.17, 15) is 9.59 Å². The Bertz CT molecular complexity index is 511. The van der Waals surface area contributed by atoms with Crippen molar-refractivity contribution in [2.24, 2.45) is 5.92 Å². The summed E-state index contributed by atoms with van der Waals surface area (Å²) in [6.07, 6.45) is 2.08. The largest absolute Gasteiger partial charge is 0.480 e. The molecule has 0 radical (unpaired) electrons. The second-order valence-corrected chi connectivity index (χ2v) is 5.97. The van der Waals surface area contributed by atoms with Crippen LogP contribution in [0.15, 0.2) is 24.3 Å². The fourth-order valence-corrected chi connectivity index (χ4v) is 2.63. The van der Waals surface area contributed by atoms with Crippen LogP contribution < -0.4 is 0 Å². The van der Waals surface area contributed by atoms with E-state index in [1.165, 1.54) is 4.90 Å². The van der Waals surface area contributed by atoms with E-state index in [2.05, 4.69) is 0 Å². The molecule has 1 unspecified atom stereocenters. The van der Waals surface area contributed by atoms with Gasteiger partial charge in [-0.25, -0.2) is 0 Å². The summed E-state index contributed by atoms with van der Waals surface area (Å²) in [5.41, 5.74) is 0.864. The molecular weight excluding hydrogens is 306 g/mol. The van der Waals surface area contributed by atoms with Crippen molar-refractivity contribution in [3.8, 4) is 0 Å². The molecule has 1 N–H and O–H groups in total. The molecule has 1 saturated heterocycles. The summed E-state index contributed by atoms with van der Waals surface area (Å²) >= 11 is 5.83. The van der Waals surface area contributed by atoms with Gasteiger partial charge in [0.25, 0.3) is 0 Å². The summed E-state index contributed by atoms with van der Waals surface area (Å²) in [6.45, 7) is 1.44. The average Bonchev–Trinajstić information content (AvgIpc) is 2.99. The lowest BCUT2D eigenvalue weighted by Crippen LogP contribution is -2.35. The van der Waals surface area contributed by atoms with E-state index in [1.54, 1.807) is 24.3 Å². The van der Waals surface area contributed by atoms with Gasteiger partial charge in [-0.3, -0.25) is 9.59 Å². The standard InChI is InChI=1S/C16H20ClNO4/c17-14-4-1-12(2-5-14)9-18(10-16(20)21)15(19)6-3-13-7-8-22-11-13/h1-2,4-5,13H,3,6-11H2,(H,20,21). The van der Waals surface area contributed by atoms with Crippen molar-refractivity contribution in [1.82, 2.24) is 4.90 Å². The van der Waals surface area contributed by atoms with Gasteiger partial charge in [0.1, 0.15) is 6.54 Å². The number of rotatable bonds is 7. The number of benzene rings is 1. The molecule has 120 valence electrons. The van der Waals surface area contributed by atoms with E-state index in [0.717, 1.165) is 25.0 Å². The number of carboxylic acid groups (broad SMARTS) is 1. The van der Waals surface area contributed by atoms with Crippen LogP contribution in [0, 0.1) is 5.92 Å². The lowest BCUT2D eigenvalue weighted by molar-refractivity contribution is -0.145. The fourth-order valence-electron chi connectivity index (χ4n) is 2.50. The van der Waals surface area contributed by atoms with Crippen molar-refractivity contribution in [3.05, 3.63) is 34.9 Å². The number of hydrogen-bond acceptors (Lipinski definition) is 3. The van der Waals surface area contributed by atoms with E-state index in [4.69, 9.17) is 21.4 Å². The molecule has 1 aromatic rings. The molecule has 1 amide bonds. The molecule has 1 aliphatic rings. The first-order valence-electron chi connectivity index (χ1n) is 7.36. The van der Waals surface area contributed by atoms with Crippen molar-refractivity contribution < 1.29 is 19.4 Å². The lowest BCUT2D eigenvalue weighted by Gasteiger charge is -2.21. The first kappa shape index (κ1) is 16.8. The van der Waals surface area contributed by atoms with Crippen LogP contribution in [0.1, 0.15) is 24.8 Å². The third-order valence-corrected chi connectivity index (χ3v) is 4.01. The van der Waals surface area contributed by atoms with Gasteiger partial charge in [-0.2, -0.15) is 0 Å². The summed E-state index contributed by atoms with van der Waals surface area (Å²) < 4.78 is 5.29. The highest BCUT2D eigenvalue weighted by molar-refractivity contribution is 6.30. The second-order valence-electron chi connectivity index (χ2n) is 5.54. The molecule has 1 aliphatic heterocycles. The molecule has 22 heavy (non-hydrogen) atoms. The van der Waals surface area contributed by atoms with Crippen LogP contribution in [0.4, 0.5) is 0 Å². The Morgan fingerprint density at radius 3 is 2.64 bits per heavy atom. The van der Waals surface area contributed by atoms with Crippen LogP contribution in [-0.2, 0) is 20.9 Å². The molecule has 0 aromatic heterocycles. The Hall–Kier alpha value is -1.59. The summed E-state index contributed by atoms with van der Waals surface area (Å²) in [5.74, 6) is -0.734. The minimum atomic E-state index is -1.01. The number of carboxylic acids is 1. The number of amides is 1. The van der Waals surface area contributed by atoms with E-state index >= 15 is 0 Å². The average molecular weight is 326 g/mol. The van der Waals surface area contributed by atoms with E-state index in [1.807, 2.05) is 0 Å². The van der Waals surface area contributed by atoms with Crippen LogP contribution in [0.3, 0.4) is 0 Å². The summed E-state index contributed by atoms with van der Waals surface area (Å²) in [7, 11) is 0. The third kappa shape index (κ3) is 5.31. The summed E-state index contributed by atoms with van der Waals surface area (Å²) in [5, 5.41) is 9.61. The molecule has 6 heteroatoms. The molecule has 0 saturated carbocycles. The van der Waals surface area contributed by atoms with E-state index < -0.39 is 5.97 Å². The second kappa shape index (κ2) is 8.15. The van der Waals surface area contributed by atoms with Gasteiger partial charge in [0.15, 0.2) is 0 Å². The van der Waals surface area contributed by atoms with Crippen molar-refractivity contribution in [3.63, 3.8) is 0 Å². The van der Waals surface area contributed by atoms with Gasteiger partial charge in [-0.15, -0.1) is 0 Å².